The molecule has 1 aliphatic heterocycles. The highest BCUT2D eigenvalue weighted by molar-refractivity contribution is 7.09. The van der Waals surface area contributed by atoms with Gasteiger partial charge in [0, 0.05) is 18.5 Å². The van der Waals surface area contributed by atoms with Gasteiger partial charge in [0.1, 0.15) is 10.6 Å². The van der Waals surface area contributed by atoms with E-state index >= 15 is 0 Å². The Kier molecular flexibility index (Phi) is 4.54. The normalized spacial score (nSPS) is 25.1. The van der Waals surface area contributed by atoms with Crippen LogP contribution in [-0.4, -0.2) is 18.1 Å². The number of rotatable bonds is 5. The lowest BCUT2D eigenvalue weighted by Crippen LogP contribution is -2.30. The molecule has 96 valence electrons. The minimum atomic E-state index is -0.133. The van der Waals surface area contributed by atoms with Gasteiger partial charge in [0.05, 0.1) is 5.69 Å². The lowest BCUT2D eigenvalue weighted by Gasteiger charge is -2.31. The van der Waals surface area contributed by atoms with Crippen LogP contribution in [0, 0.1) is 0 Å². The molecule has 0 spiro atoms. The number of thiazole rings is 1. The maximum absolute atomic E-state index is 5.92. The van der Waals surface area contributed by atoms with Crippen LogP contribution >= 0.6 is 11.3 Å². The zero-order valence-corrected chi connectivity index (χ0v) is 11.6. The van der Waals surface area contributed by atoms with Gasteiger partial charge in [0.15, 0.2) is 0 Å². The predicted octanol–water partition coefficient (Wildman–Crippen LogP) is 3.06. The van der Waals surface area contributed by atoms with E-state index in [9.17, 15) is 0 Å². The van der Waals surface area contributed by atoms with Crippen molar-refractivity contribution in [1.82, 2.24) is 10.3 Å². The molecule has 4 heteroatoms. The first kappa shape index (κ1) is 13.0. The number of hydrogen-bond acceptors (Lipinski definition) is 4. The van der Waals surface area contributed by atoms with E-state index in [1.165, 1.54) is 12.8 Å². The predicted molar refractivity (Wildman–Crippen MR) is 71.3 cm³/mol. The quantitative estimate of drug-likeness (QED) is 0.820. The van der Waals surface area contributed by atoms with Gasteiger partial charge in [-0.1, -0.05) is 6.92 Å². The van der Waals surface area contributed by atoms with E-state index in [1.54, 1.807) is 11.3 Å². The molecule has 0 aliphatic carbocycles. The third kappa shape index (κ3) is 3.27. The number of hydrogen-bond donors (Lipinski definition) is 1. The van der Waals surface area contributed by atoms with Crippen molar-refractivity contribution in [2.45, 2.75) is 51.7 Å². The van der Waals surface area contributed by atoms with Crippen molar-refractivity contribution in [2.24, 2.45) is 0 Å². The van der Waals surface area contributed by atoms with Crippen LogP contribution in [0.5, 0.6) is 0 Å². The molecule has 1 saturated heterocycles. The summed E-state index contributed by atoms with van der Waals surface area (Å²) < 4.78 is 5.92. The van der Waals surface area contributed by atoms with E-state index < -0.39 is 0 Å². The molecular weight excluding hydrogens is 232 g/mol. The molecule has 1 atom stereocenters. The summed E-state index contributed by atoms with van der Waals surface area (Å²) in [5, 5.41) is 6.68. The molecule has 0 saturated carbocycles. The van der Waals surface area contributed by atoms with Crippen LogP contribution in [0.4, 0.5) is 0 Å². The third-order valence-corrected chi connectivity index (χ3v) is 4.34. The fourth-order valence-corrected chi connectivity index (χ4v) is 3.09. The van der Waals surface area contributed by atoms with Crippen LogP contribution in [0.1, 0.15) is 50.2 Å². The van der Waals surface area contributed by atoms with E-state index in [2.05, 4.69) is 24.5 Å². The van der Waals surface area contributed by atoms with E-state index in [0.717, 1.165) is 43.2 Å². The molecule has 0 radical (unpaired) electrons. The molecule has 1 N–H and O–H groups in total. The second-order valence-electron chi connectivity index (χ2n) is 4.86. The zero-order valence-electron chi connectivity index (χ0n) is 10.8. The summed E-state index contributed by atoms with van der Waals surface area (Å²) in [5.41, 5.74) is 1.01. The first-order chi connectivity index (χ1) is 8.24. The molecule has 17 heavy (non-hydrogen) atoms. The van der Waals surface area contributed by atoms with Crippen LogP contribution in [0.25, 0.3) is 0 Å². The summed E-state index contributed by atoms with van der Waals surface area (Å²) in [4.78, 5) is 4.71. The molecule has 0 aromatic carbocycles. The number of ether oxygens (including phenoxy) is 1. The Labute approximate surface area is 108 Å². The molecule has 1 aliphatic rings. The zero-order chi connectivity index (χ0) is 12.1. The highest BCUT2D eigenvalue weighted by Gasteiger charge is 2.32. The Bertz CT molecular complexity index is 345. The average Bonchev–Trinajstić information content (AvgIpc) is 2.80. The van der Waals surface area contributed by atoms with Gasteiger partial charge < -0.3 is 10.1 Å². The second-order valence-corrected chi connectivity index (χ2v) is 5.72. The summed E-state index contributed by atoms with van der Waals surface area (Å²) in [7, 11) is 0. The van der Waals surface area contributed by atoms with Crippen molar-refractivity contribution in [3.63, 3.8) is 0 Å². The topological polar surface area (TPSA) is 34.1 Å². The van der Waals surface area contributed by atoms with Crippen LogP contribution in [0.15, 0.2) is 5.38 Å². The minimum absolute atomic E-state index is 0.133. The first-order valence-corrected chi connectivity index (χ1v) is 7.42. The molecule has 1 unspecified atom stereocenters. The molecule has 2 rings (SSSR count). The highest BCUT2D eigenvalue weighted by atomic mass is 32.1. The maximum Gasteiger partial charge on any atom is 0.125 e. The molecule has 0 bridgehead atoms. The van der Waals surface area contributed by atoms with Gasteiger partial charge in [-0.25, -0.2) is 4.98 Å². The van der Waals surface area contributed by atoms with E-state index in [4.69, 9.17) is 9.72 Å². The number of aromatic nitrogens is 1. The fraction of sp³-hybridized carbons (Fsp3) is 0.769. The fourth-order valence-electron chi connectivity index (χ4n) is 2.13. The van der Waals surface area contributed by atoms with Crippen LogP contribution in [0.2, 0.25) is 0 Å². The summed E-state index contributed by atoms with van der Waals surface area (Å²) >= 11 is 1.74. The van der Waals surface area contributed by atoms with Crippen molar-refractivity contribution in [2.75, 3.05) is 13.2 Å². The largest absolute Gasteiger partial charge is 0.368 e. The smallest absolute Gasteiger partial charge is 0.125 e. The van der Waals surface area contributed by atoms with Gasteiger partial charge in [-0.3, -0.25) is 0 Å². The highest BCUT2D eigenvalue weighted by Crippen LogP contribution is 2.36. The van der Waals surface area contributed by atoms with Crippen molar-refractivity contribution >= 4 is 11.3 Å². The Balaban J connectivity index is 1.96. The van der Waals surface area contributed by atoms with Crippen LogP contribution < -0.4 is 5.32 Å². The SMILES string of the molecule is CCCNCc1csc(C2(C)CCCCO2)n1. The maximum atomic E-state index is 5.92. The van der Waals surface area contributed by atoms with Crippen molar-refractivity contribution in [1.29, 1.82) is 0 Å². The van der Waals surface area contributed by atoms with Gasteiger partial charge in [-0.2, -0.15) is 0 Å². The van der Waals surface area contributed by atoms with Crippen LogP contribution in [0.3, 0.4) is 0 Å². The van der Waals surface area contributed by atoms with Crippen LogP contribution in [-0.2, 0) is 16.9 Å². The molecule has 1 fully saturated rings. The number of nitrogens with one attached hydrogen (secondary N) is 1. The number of nitrogens with zero attached hydrogens (tertiary/aromatic N) is 1. The van der Waals surface area contributed by atoms with Gasteiger partial charge in [0.25, 0.3) is 0 Å². The molecule has 3 nitrogen and oxygen atoms in total. The Morgan fingerprint density at radius 3 is 3.12 bits per heavy atom. The molecule has 2 heterocycles. The molecule has 1 aromatic heterocycles. The summed E-state index contributed by atoms with van der Waals surface area (Å²) in [5.74, 6) is 0. The Hall–Kier alpha value is -0.450. The minimum Gasteiger partial charge on any atom is -0.368 e. The Morgan fingerprint density at radius 2 is 2.41 bits per heavy atom. The lowest BCUT2D eigenvalue weighted by molar-refractivity contribution is -0.0702. The Morgan fingerprint density at radius 1 is 1.53 bits per heavy atom. The summed E-state index contributed by atoms with van der Waals surface area (Å²) in [6, 6.07) is 0. The van der Waals surface area contributed by atoms with E-state index in [-0.39, 0.29) is 5.60 Å². The van der Waals surface area contributed by atoms with Crippen molar-refractivity contribution in [3.05, 3.63) is 16.1 Å². The van der Waals surface area contributed by atoms with Gasteiger partial charge in [0.2, 0.25) is 0 Å². The van der Waals surface area contributed by atoms with Gasteiger partial charge in [-0.15, -0.1) is 11.3 Å². The van der Waals surface area contributed by atoms with E-state index in [1.807, 2.05) is 0 Å². The first-order valence-electron chi connectivity index (χ1n) is 6.54. The third-order valence-electron chi connectivity index (χ3n) is 3.21. The standard InChI is InChI=1S/C13H22N2OS/c1-3-7-14-9-11-10-17-12(15-11)13(2)6-4-5-8-16-13/h10,14H,3-9H2,1-2H3. The molecular formula is C13H22N2OS. The summed E-state index contributed by atoms with van der Waals surface area (Å²) in [6.07, 6.45) is 4.70. The van der Waals surface area contributed by atoms with E-state index in [0.29, 0.717) is 0 Å². The monoisotopic (exact) mass is 254 g/mol. The molecule has 0 amide bonds. The van der Waals surface area contributed by atoms with Gasteiger partial charge in [-0.05, 0) is 39.2 Å². The lowest BCUT2D eigenvalue weighted by atomic mass is 9.97. The second kappa shape index (κ2) is 5.94. The van der Waals surface area contributed by atoms with Crippen molar-refractivity contribution < 1.29 is 4.74 Å². The summed E-state index contributed by atoms with van der Waals surface area (Å²) in [6.45, 7) is 7.16. The average molecular weight is 254 g/mol. The molecule has 1 aromatic rings. The van der Waals surface area contributed by atoms with Crippen molar-refractivity contribution in [3.8, 4) is 0 Å². The van der Waals surface area contributed by atoms with Gasteiger partial charge >= 0.3 is 0 Å².